The number of benzene rings is 4. The highest BCUT2D eigenvalue weighted by molar-refractivity contribution is 7.92. The maximum absolute atomic E-state index is 14.4. The van der Waals surface area contributed by atoms with Gasteiger partial charge in [-0.3, -0.25) is 13.9 Å². The van der Waals surface area contributed by atoms with E-state index in [4.69, 9.17) is 11.6 Å². The third-order valence-electron chi connectivity index (χ3n) is 6.97. The van der Waals surface area contributed by atoms with E-state index in [2.05, 4.69) is 5.32 Å². The minimum absolute atomic E-state index is 0.0557. The Morgan fingerprint density at radius 2 is 1.42 bits per heavy atom. The van der Waals surface area contributed by atoms with Gasteiger partial charge >= 0.3 is 0 Å². The summed E-state index contributed by atoms with van der Waals surface area (Å²) in [5.41, 5.74) is 3.67. The van der Waals surface area contributed by atoms with Gasteiger partial charge in [-0.1, -0.05) is 78.3 Å². The molecule has 0 bridgehead atoms. The number of hydrogen-bond acceptors (Lipinski definition) is 4. The lowest BCUT2D eigenvalue weighted by Gasteiger charge is -2.34. The molecular weight excluding hydrogens is 582 g/mol. The summed E-state index contributed by atoms with van der Waals surface area (Å²) < 4.78 is 29.3. The topological polar surface area (TPSA) is 86.8 Å². The fourth-order valence-corrected chi connectivity index (χ4v) is 6.65. The smallest absolute Gasteiger partial charge is 0.264 e. The Kier molecular flexibility index (Phi) is 10.6. The van der Waals surface area contributed by atoms with Crippen LogP contribution in [0.4, 0.5) is 5.69 Å². The van der Waals surface area contributed by atoms with Gasteiger partial charge in [0.25, 0.3) is 10.0 Å². The molecule has 0 spiro atoms. The first-order valence-electron chi connectivity index (χ1n) is 14.1. The summed E-state index contributed by atoms with van der Waals surface area (Å²) >= 11 is 6.28. The molecule has 1 atom stereocenters. The van der Waals surface area contributed by atoms with Crippen LogP contribution in [-0.2, 0) is 32.6 Å². The molecule has 4 aromatic carbocycles. The van der Waals surface area contributed by atoms with Gasteiger partial charge in [0, 0.05) is 24.5 Å². The van der Waals surface area contributed by atoms with E-state index in [1.165, 1.54) is 17.0 Å². The van der Waals surface area contributed by atoms with E-state index < -0.39 is 28.5 Å². The van der Waals surface area contributed by atoms with Crippen LogP contribution in [0.3, 0.4) is 0 Å². The van der Waals surface area contributed by atoms with E-state index in [0.717, 1.165) is 21.0 Å². The minimum atomic E-state index is -4.15. The van der Waals surface area contributed by atoms with E-state index in [-0.39, 0.29) is 23.8 Å². The summed E-state index contributed by atoms with van der Waals surface area (Å²) in [7, 11) is -4.15. The first-order valence-corrected chi connectivity index (χ1v) is 15.9. The van der Waals surface area contributed by atoms with Gasteiger partial charge in [-0.05, 0) is 79.4 Å². The summed E-state index contributed by atoms with van der Waals surface area (Å²) in [5, 5.41) is 3.36. The highest BCUT2D eigenvalue weighted by atomic mass is 35.5. The van der Waals surface area contributed by atoms with Gasteiger partial charge in [0.2, 0.25) is 11.8 Å². The van der Waals surface area contributed by atoms with Crippen LogP contribution in [0.1, 0.15) is 29.2 Å². The molecule has 0 fully saturated rings. The van der Waals surface area contributed by atoms with Gasteiger partial charge in [0.15, 0.2) is 0 Å². The number of nitrogens with one attached hydrogen (secondary N) is 1. The van der Waals surface area contributed by atoms with Crippen molar-refractivity contribution in [2.75, 3.05) is 17.4 Å². The number of carbonyl (C=O) groups excluding carboxylic acids is 2. The van der Waals surface area contributed by atoms with Crippen LogP contribution < -0.4 is 9.62 Å². The number of carbonyl (C=O) groups is 2. The zero-order valence-electron chi connectivity index (χ0n) is 24.5. The first kappa shape index (κ1) is 31.8. The number of aryl methyl sites for hydroxylation is 2. The molecule has 7 nitrogen and oxygen atoms in total. The van der Waals surface area contributed by atoms with E-state index in [1.807, 2.05) is 63.2 Å². The first-order chi connectivity index (χ1) is 20.6. The van der Waals surface area contributed by atoms with Crippen molar-refractivity contribution in [3.8, 4) is 0 Å². The van der Waals surface area contributed by atoms with Crippen LogP contribution in [0.25, 0.3) is 0 Å². The van der Waals surface area contributed by atoms with Gasteiger partial charge in [0.1, 0.15) is 12.6 Å². The van der Waals surface area contributed by atoms with E-state index in [9.17, 15) is 18.0 Å². The molecule has 0 heterocycles. The third kappa shape index (κ3) is 8.24. The fourth-order valence-electron chi connectivity index (χ4n) is 5.02. The van der Waals surface area contributed by atoms with Gasteiger partial charge < -0.3 is 10.2 Å². The number of rotatable bonds is 12. The van der Waals surface area contributed by atoms with Crippen LogP contribution in [0.5, 0.6) is 0 Å². The monoisotopic (exact) mass is 617 g/mol. The molecule has 0 aliphatic carbocycles. The Morgan fingerprint density at radius 1 is 0.814 bits per heavy atom. The van der Waals surface area contributed by atoms with Crippen molar-refractivity contribution in [1.29, 1.82) is 0 Å². The van der Waals surface area contributed by atoms with Crippen molar-refractivity contribution in [1.82, 2.24) is 10.2 Å². The fraction of sp³-hybridized carbons (Fsp3) is 0.235. The molecule has 4 aromatic rings. The van der Waals surface area contributed by atoms with Crippen molar-refractivity contribution in [2.45, 2.75) is 44.7 Å². The second-order valence-electron chi connectivity index (χ2n) is 10.4. The maximum atomic E-state index is 14.4. The molecule has 4 rings (SSSR count). The molecule has 0 aromatic heterocycles. The van der Waals surface area contributed by atoms with Crippen LogP contribution in [0.2, 0.25) is 5.02 Å². The molecule has 0 saturated heterocycles. The highest BCUT2D eigenvalue weighted by Crippen LogP contribution is 2.27. The van der Waals surface area contributed by atoms with E-state index in [0.29, 0.717) is 22.8 Å². The van der Waals surface area contributed by atoms with E-state index >= 15 is 0 Å². The second kappa shape index (κ2) is 14.4. The predicted molar refractivity (Wildman–Crippen MR) is 172 cm³/mol. The summed E-state index contributed by atoms with van der Waals surface area (Å²) in [5.74, 6) is -0.851. The number of anilines is 1. The van der Waals surface area contributed by atoms with Gasteiger partial charge in [0.05, 0.1) is 10.6 Å². The lowest BCUT2D eigenvalue weighted by atomic mass is 10.0. The molecule has 2 amide bonds. The second-order valence-corrected chi connectivity index (χ2v) is 12.7. The lowest BCUT2D eigenvalue weighted by Crippen LogP contribution is -2.53. The molecule has 43 heavy (non-hydrogen) atoms. The Morgan fingerprint density at radius 3 is 2.02 bits per heavy atom. The van der Waals surface area contributed by atoms with Crippen LogP contribution >= 0.6 is 11.6 Å². The van der Waals surface area contributed by atoms with Crippen molar-refractivity contribution in [3.63, 3.8) is 0 Å². The summed E-state index contributed by atoms with van der Waals surface area (Å²) in [6.07, 6.45) is 0.244. The van der Waals surface area contributed by atoms with Gasteiger partial charge in [-0.2, -0.15) is 0 Å². The van der Waals surface area contributed by atoms with Gasteiger partial charge in [-0.25, -0.2) is 8.42 Å². The molecule has 0 saturated carbocycles. The van der Waals surface area contributed by atoms with E-state index in [1.54, 1.807) is 48.5 Å². The normalized spacial score (nSPS) is 11.9. The molecule has 0 aliphatic heterocycles. The zero-order valence-corrected chi connectivity index (χ0v) is 26.1. The Balaban J connectivity index is 1.81. The number of hydrogen-bond donors (Lipinski definition) is 1. The van der Waals surface area contributed by atoms with Crippen LogP contribution in [-0.4, -0.2) is 44.3 Å². The SMILES string of the molecule is CCNC(=O)[C@H](Cc1ccccc1)N(Cc1cccc(Cl)c1)C(=O)CN(c1cc(C)cc(C)c1)S(=O)(=O)c1ccccc1. The highest BCUT2D eigenvalue weighted by Gasteiger charge is 2.34. The van der Waals surface area contributed by atoms with Crippen molar-refractivity contribution >= 4 is 39.1 Å². The third-order valence-corrected chi connectivity index (χ3v) is 8.99. The van der Waals surface area contributed by atoms with Crippen molar-refractivity contribution in [2.24, 2.45) is 0 Å². The number of nitrogens with zero attached hydrogens (tertiary/aromatic N) is 2. The Bertz CT molecular complexity index is 1640. The molecule has 0 aliphatic rings. The summed E-state index contributed by atoms with van der Waals surface area (Å²) in [6, 6.07) is 29.1. The molecule has 0 radical (unpaired) electrons. The average molecular weight is 618 g/mol. The molecule has 0 unspecified atom stereocenters. The molecule has 1 N–H and O–H groups in total. The number of sulfonamides is 1. The Hall–Kier alpha value is -4.14. The standard InChI is InChI=1S/C34H36ClN3O4S/c1-4-36-34(40)32(22-27-12-7-5-8-13-27)37(23-28-14-11-15-29(35)21-28)33(39)24-38(30-19-25(2)18-26(3)20-30)43(41,42)31-16-9-6-10-17-31/h5-21,32H,4,22-24H2,1-3H3,(H,36,40)/t32-/m0/s1. The number of amides is 2. The summed E-state index contributed by atoms with van der Waals surface area (Å²) in [4.78, 5) is 29.5. The van der Waals surface area contributed by atoms with Gasteiger partial charge in [-0.15, -0.1) is 0 Å². The van der Waals surface area contributed by atoms with Crippen molar-refractivity contribution < 1.29 is 18.0 Å². The maximum Gasteiger partial charge on any atom is 0.264 e. The number of likely N-dealkylation sites (N-methyl/N-ethyl adjacent to an activating group) is 1. The average Bonchev–Trinajstić information content (AvgIpc) is 2.98. The molecule has 9 heteroatoms. The number of halogens is 1. The van der Waals surface area contributed by atoms with Crippen LogP contribution in [0, 0.1) is 13.8 Å². The molecule has 224 valence electrons. The quantitative estimate of drug-likeness (QED) is 0.214. The van der Waals surface area contributed by atoms with Crippen LogP contribution in [0.15, 0.2) is 108 Å². The predicted octanol–water partition coefficient (Wildman–Crippen LogP) is 5.93. The Labute approximate surface area is 259 Å². The van der Waals surface area contributed by atoms with Crippen molar-refractivity contribution in [3.05, 3.63) is 130 Å². The summed E-state index contributed by atoms with van der Waals surface area (Å²) in [6.45, 7) is 5.49. The largest absolute Gasteiger partial charge is 0.355 e. The minimum Gasteiger partial charge on any atom is -0.355 e. The molecular formula is C34H36ClN3O4S. The lowest BCUT2D eigenvalue weighted by molar-refractivity contribution is -0.140. The zero-order chi connectivity index (χ0) is 31.0.